The minimum Gasteiger partial charge on any atom is -0.488 e. The van der Waals surface area contributed by atoms with Crippen LogP contribution in [-0.2, 0) is 6.61 Å². The first kappa shape index (κ1) is 25.0. The third-order valence-corrected chi connectivity index (χ3v) is 7.28. The van der Waals surface area contributed by atoms with Crippen molar-refractivity contribution in [3.05, 3.63) is 99.1 Å². The van der Waals surface area contributed by atoms with E-state index in [-0.39, 0.29) is 11.5 Å². The van der Waals surface area contributed by atoms with Crippen LogP contribution in [0.1, 0.15) is 55.0 Å². The lowest BCUT2D eigenvalue weighted by Gasteiger charge is -2.22. The van der Waals surface area contributed by atoms with Gasteiger partial charge < -0.3 is 9.64 Å². The van der Waals surface area contributed by atoms with Crippen molar-refractivity contribution < 1.29 is 4.74 Å². The van der Waals surface area contributed by atoms with Gasteiger partial charge in [-0.1, -0.05) is 61.2 Å². The van der Waals surface area contributed by atoms with E-state index in [0.717, 1.165) is 53.8 Å². The molecule has 1 aliphatic rings. The summed E-state index contributed by atoms with van der Waals surface area (Å²) in [5, 5.41) is 5.93. The SMILES string of the molecule is CN(C)c1ccc(C=Nn2c(C3CCCCC3)nc3ccccc3c2=O)c(OCc2ccccc2Cl)c1. The van der Waals surface area contributed by atoms with Crippen LogP contribution in [0.15, 0.2) is 76.6 Å². The average Bonchev–Trinajstić information content (AvgIpc) is 2.92. The molecule has 37 heavy (non-hydrogen) atoms. The van der Waals surface area contributed by atoms with E-state index in [2.05, 4.69) is 0 Å². The van der Waals surface area contributed by atoms with Gasteiger partial charge in [0, 0.05) is 47.9 Å². The second kappa shape index (κ2) is 11.2. The first-order valence-electron chi connectivity index (χ1n) is 12.7. The third kappa shape index (κ3) is 5.54. The van der Waals surface area contributed by atoms with Gasteiger partial charge in [0.2, 0.25) is 0 Å². The number of anilines is 1. The van der Waals surface area contributed by atoms with Gasteiger partial charge in [-0.25, -0.2) is 4.98 Å². The van der Waals surface area contributed by atoms with Crippen molar-refractivity contribution in [3.63, 3.8) is 0 Å². The van der Waals surface area contributed by atoms with Gasteiger partial charge in [0.1, 0.15) is 18.2 Å². The van der Waals surface area contributed by atoms with Crippen LogP contribution < -0.4 is 15.2 Å². The molecule has 190 valence electrons. The standard InChI is InChI=1S/C30H31ClN4O2/c1-34(2)24-17-16-22(28(18-24)37-20-23-12-6-8-14-26(23)31)19-32-35-29(21-10-4-3-5-11-21)33-27-15-9-7-13-25(27)30(35)36/h6-9,12-19,21H,3-5,10-11,20H2,1-2H3. The molecule has 0 bridgehead atoms. The number of para-hydroxylation sites is 1. The Kier molecular flexibility index (Phi) is 7.56. The van der Waals surface area contributed by atoms with E-state index < -0.39 is 0 Å². The van der Waals surface area contributed by atoms with Gasteiger partial charge in [-0.15, -0.1) is 0 Å². The first-order valence-corrected chi connectivity index (χ1v) is 13.1. The molecule has 1 heterocycles. The highest BCUT2D eigenvalue weighted by atomic mass is 35.5. The molecular weight excluding hydrogens is 484 g/mol. The van der Waals surface area contributed by atoms with Gasteiger partial charge in [0.05, 0.1) is 17.1 Å². The Labute approximate surface area is 222 Å². The number of nitrogens with zero attached hydrogens (tertiary/aromatic N) is 4. The van der Waals surface area contributed by atoms with Crippen LogP contribution in [0.3, 0.4) is 0 Å². The number of hydrogen-bond acceptors (Lipinski definition) is 5. The van der Waals surface area contributed by atoms with E-state index >= 15 is 0 Å². The molecular formula is C30H31ClN4O2. The van der Waals surface area contributed by atoms with Gasteiger partial charge in [-0.05, 0) is 43.2 Å². The van der Waals surface area contributed by atoms with E-state index in [1.165, 1.54) is 11.1 Å². The summed E-state index contributed by atoms with van der Waals surface area (Å²) in [6, 6.07) is 21.1. The maximum Gasteiger partial charge on any atom is 0.282 e. The monoisotopic (exact) mass is 514 g/mol. The van der Waals surface area contributed by atoms with Crippen LogP contribution in [0, 0.1) is 0 Å². The quantitative estimate of drug-likeness (QED) is 0.260. The zero-order chi connectivity index (χ0) is 25.8. The van der Waals surface area contributed by atoms with Crippen LogP contribution in [0.5, 0.6) is 5.75 Å². The van der Waals surface area contributed by atoms with Gasteiger partial charge >= 0.3 is 0 Å². The number of hydrogen-bond donors (Lipinski definition) is 0. The first-order chi connectivity index (χ1) is 18.0. The molecule has 5 rings (SSSR count). The Balaban J connectivity index is 1.55. The Morgan fingerprint density at radius 1 is 1.05 bits per heavy atom. The van der Waals surface area contributed by atoms with Crippen molar-refractivity contribution in [3.8, 4) is 5.75 Å². The highest BCUT2D eigenvalue weighted by molar-refractivity contribution is 6.31. The second-order valence-electron chi connectivity index (χ2n) is 9.68. The van der Waals surface area contributed by atoms with E-state index in [1.54, 1.807) is 6.21 Å². The maximum atomic E-state index is 13.5. The molecule has 0 amide bonds. The van der Waals surface area contributed by atoms with Gasteiger partial charge in [-0.2, -0.15) is 9.78 Å². The van der Waals surface area contributed by atoms with Crippen LogP contribution in [0.2, 0.25) is 5.02 Å². The van der Waals surface area contributed by atoms with Crippen LogP contribution in [0.4, 0.5) is 5.69 Å². The van der Waals surface area contributed by atoms with Crippen molar-refractivity contribution in [1.29, 1.82) is 0 Å². The van der Waals surface area contributed by atoms with E-state index in [1.807, 2.05) is 85.7 Å². The Morgan fingerprint density at radius 2 is 1.81 bits per heavy atom. The average molecular weight is 515 g/mol. The molecule has 0 aliphatic heterocycles. The number of ether oxygens (including phenoxy) is 1. The minimum absolute atomic E-state index is 0.147. The van der Waals surface area contributed by atoms with Gasteiger partial charge in [-0.3, -0.25) is 4.79 Å². The zero-order valence-corrected chi connectivity index (χ0v) is 22.0. The van der Waals surface area contributed by atoms with E-state index in [0.29, 0.717) is 22.8 Å². The molecule has 1 aliphatic carbocycles. The molecule has 3 aromatic carbocycles. The van der Waals surface area contributed by atoms with E-state index in [9.17, 15) is 4.79 Å². The third-order valence-electron chi connectivity index (χ3n) is 6.92. The Bertz CT molecular complexity index is 1490. The number of aromatic nitrogens is 2. The number of halogens is 1. The Morgan fingerprint density at radius 3 is 2.59 bits per heavy atom. The summed E-state index contributed by atoms with van der Waals surface area (Å²) < 4.78 is 7.72. The maximum absolute atomic E-state index is 13.5. The number of rotatable bonds is 7. The second-order valence-corrected chi connectivity index (χ2v) is 10.1. The van der Waals surface area contributed by atoms with Crippen molar-refractivity contribution >= 4 is 34.4 Å². The molecule has 1 aromatic heterocycles. The van der Waals surface area contributed by atoms with Gasteiger partial charge in [0.25, 0.3) is 5.56 Å². The fourth-order valence-electron chi connectivity index (χ4n) is 4.80. The van der Waals surface area contributed by atoms with Gasteiger partial charge in [0.15, 0.2) is 0 Å². The molecule has 7 heteroatoms. The lowest BCUT2D eigenvalue weighted by molar-refractivity contribution is 0.306. The molecule has 0 unspecified atom stereocenters. The number of benzene rings is 3. The molecule has 6 nitrogen and oxygen atoms in total. The minimum atomic E-state index is -0.147. The topological polar surface area (TPSA) is 59.7 Å². The highest BCUT2D eigenvalue weighted by Gasteiger charge is 2.22. The molecule has 0 saturated heterocycles. The largest absolute Gasteiger partial charge is 0.488 e. The van der Waals surface area contributed by atoms with Crippen molar-refractivity contribution in [2.45, 2.75) is 44.6 Å². The highest BCUT2D eigenvalue weighted by Crippen LogP contribution is 2.32. The Hall–Kier alpha value is -3.64. The molecule has 0 spiro atoms. The fraction of sp³-hybridized carbons (Fsp3) is 0.300. The molecule has 1 fully saturated rings. The smallest absolute Gasteiger partial charge is 0.282 e. The molecule has 4 aromatic rings. The molecule has 1 saturated carbocycles. The van der Waals surface area contributed by atoms with Crippen molar-refractivity contribution in [2.24, 2.45) is 5.10 Å². The van der Waals surface area contributed by atoms with Crippen LogP contribution >= 0.6 is 11.6 Å². The number of fused-ring (bicyclic) bond motifs is 1. The zero-order valence-electron chi connectivity index (χ0n) is 21.2. The normalized spacial score (nSPS) is 14.4. The van der Waals surface area contributed by atoms with E-state index in [4.69, 9.17) is 26.4 Å². The molecule has 0 radical (unpaired) electrons. The van der Waals surface area contributed by atoms with Crippen LogP contribution in [0.25, 0.3) is 10.9 Å². The summed E-state index contributed by atoms with van der Waals surface area (Å²) in [4.78, 5) is 20.5. The molecule has 0 atom stereocenters. The lowest BCUT2D eigenvalue weighted by Crippen LogP contribution is -2.25. The van der Waals surface area contributed by atoms with Crippen LogP contribution in [-0.4, -0.2) is 30.0 Å². The summed E-state index contributed by atoms with van der Waals surface area (Å²) >= 11 is 6.35. The fourth-order valence-corrected chi connectivity index (χ4v) is 4.99. The summed E-state index contributed by atoms with van der Waals surface area (Å²) in [5.74, 6) is 1.62. The summed E-state index contributed by atoms with van der Waals surface area (Å²) in [7, 11) is 3.97. The lowest BCUT2D eigenvalue weighted by atomic mass is 9.88. The summed E-state index contributed by atoms with van der Waals surface area (Å²) in [6.45, 7) is 0.322. The van der Waals surface area contributed by atoms with Crippen molar-refractivity contribution in [1.82, 2.24) is 9.66 Å². The van der Waals surface area contributed by atoms with Crippen molar-refractivity contribution in [2.75, 3.05) is 19.0 Å². The summed E-state index contributed by atoms with van der Waals surface area (Å²) in [6.07, 6.45) is 7.24. The predicted octanol–water partition coefficient (Wildman–Crippen LogP) is 6.62. The summed E-state index contributed by atoms with van der Waals surface area (Å²) in [5.41, 5.74) is 3.24. The predicted molar refractivity (Wildman–Crippen MR) is 151 cm³/mol. The molecule has 0 N–H and O–H groups in total.